The van der Waals surface area contributed by atoms with Crippen molar-refractivity contribution in [3.05, 3.63) is 42.0 Å². The Morgan fingerprint density at radius 1 is 1.27 bits per heavy atom. The summed E-state index contributed by atoms with van der Waals surface area (Å²) in [6.07, 6.45) is -0.981. The Bertz CT molecular complexity index is 253. The Labute approximate surface area is 64.2 Å². The maximum atomic E-state index is 12.2. The summed E-state index contributed by atoms with van der Waals surface area (Å²) in [6.45, 7) is 3.44. The van der Waals surface area contributed by atoms with Gasteiger partial charge in [-0.3, -0.25) is 0 Å². The van der Waals surface area contributed by atoms with Gasteiger partial charge in [0.05, 0.1) is 0 Å². The fourth-order valence-corrected chi connectivity index (χ4v) is 0.896. The van der Waals surface area contributed by atoms with Crippen molar-refractivity contribution < 1.29 is 8.78 Å². The van der Waals surface area contributed by atoms with E-state index in [0.717, 1.165) is 0 Å². The van der Waals surface area contributed by atoms with Crippen molar-refractivity contribution in [2.45, 2.75) is 6.43 Å². The van der Waals surface area contributed by atoms with E-state index in [-0.39, 0.29) is 5.56 Å². The van der Waals surface area contributed by atoms with Crippen LogP contribution in [0.3, 0.4) is 0 Å². The van der Waals surface area contributed by atoms with Crippen LogP contribution in [0.5, 0.6) is 0 Å². The molecule has 0 bridgehead atoms. The Morgan fingerprint density at radius 2 is 1.91 bits per heavy atom. The van der Waals surface area contributed by atoms with Crippen molar-refractivity contribution in [1.29, 1.82) is 0 Å². The second-order valence-corrected chi connectivity index (χ2v) is 2.13. The first-order valence-electron chi connectivity index (χ1n) is 3.25. The molecule has 0 saturated heterocycles. The zero-order chi connectivity index (χ0) is 8.27. The fraction of sp³-hybridized carbons (Fsp3) is 0.111. The molecule has 0 radical (unpaired) electrons. The molecule has 11 heavy (non-hydrogen) atoms. The van der Waals surface area contributed by atoms with Crippen molar-refractivity contribution >= 4 is 6.08 Å². The summed E-state index contributed by atoms with van der Waals surface area (Å²) in [6, 6.07) is 6.33. The second kappa shape index (κ2) is 3.28. The second-order valence-electron chi connectivity index (χ2n) is 2.13. The van der Waals surface area contributed by atoms with Crippen LogP contribution < -0.4 is 0 Å². The van der Waals surface area contributed by atoms with Gasteiger partial charge in [-0.15, -0.1) is 0 Å². The minimum atomic E-state index is -2.41. The zero-order valence-electron chi connectivity index (χ0n) is 5.93. The van der Waals surface area contributed by atoms with E-state index in [1.54, 1.807) is 18.2 Å². The molecule has 0 amide bonds. The van der Waals surface area contributed by atoms with Gasteiger partial charge in [-0.25, -0.2) is 8.78 Å². The molecule has 0 nitrogen and oxygen atoms in total. The highest BCUT2D eigenvalue weighted by molar-refractivity contribution is 5.51. The first kappa shape index (κ1) is 7.92. The Kier molecular flexibility index (Phi) is 2.36. The molecule has 1 aromatic rings. The quantitative estimate of drug-likeness (QED) is 0.613. The van der Waals surface area contributed by atoms with Crippen LogP contribution in [-0.4, -0.2) is 0 Å². The van der Waals surface area contributed by atoms with Crippen molar-refractivity contribution in [3.63, 3.8) is 0 Å². The van der Waals surface area contributed by atoms with Crippen LogP contribution >= 0.6 is 0 Å². The van der Waals surface area contributed by atoms with E-state index in [2.05, 4.69) is 6.58 Å². The molecule has 0 aliphatic heterocycles. The monoisotopic (exact) mass is 154 g/mol. The number of rotatable bonds is 2. The summed E-state index contributed by atoms with van der Waals surface area (Å²) >= 11 is 0. The minimum Gasteiger partial charge on any atom is -0.205 e. The van der Waals surface area contributed by atoms with E-state index >= 15 is 0 Å². The average molecular weight is 154 g/mol. The highest BCUT2D eigenvalue weighted by Crippen LogP contribution is 2.22. The summed E-state index contributed by atoms with van der Waals surface area (Å²) in [5, 5.41) is 0. The zero-order valence-corrected chi connectivity index (χ0v) is 5.93. The van der Waals surface area contributed by atoms with Crippen molar-refractivity contribution in [2.24, 2.45) is 0 Å². The summed E-state index contributed by atoms with van der Waals surface area (Å²) in [4.78, 5) is 0. The number of hydrogen-bond donors (Lipinski definition) is 0. The van der Waals surface area contributed by atoms with Gasteiger partial charge in [0.1, 0.15) is 0 Å². The van der Waals surface area contributed by atoms with E-state index < -0.39 is 6.43 Å². The van der Waals surface area contributed by atoms with Gasteiger partial charge in [-0.05, 0) is 5.56 Å². The SMILES string of the molecule is C=Cc1ccccc1C(F)F. The number of alkyl halides is 2. The van der Waals surface area contributed by atoms with Gasteiger partial charge in [0, 0.05) is 5.56 Å². The van der Waals surface area contributed by atoms with Gasteiger partial charge < -0.3 is 0 Å². The predicted molar refractivity (Wildman–Crippen MR) is 41.5 cm³/mol. The molecule has 0 aliphatic rings. The van der Waals surface area contributed by atoms with Crippen LogP contribution in [0, 0.1) is 0 Å². The fourth-order valence-electron chi connectivity index (χ4n) is 0.896. The average Bonchev–Trinajstić information content (AvgIpc) is 2.04. The van der Waals surface area contributed by atoms with E-state index in [1.165, 1.54) is 12.1 Å². The van der Waals surface area contributed by atoms with E-state index in [9.17, 15) is 8.78 Å². The molecule has 2 heteroatoms. The summed E-state index contributed by atoms with van der Waals surface area (Å²) in [5.41, 5.74) is 0.546. The third-order valence-corrected chi connectivity index (χ3v) is 1.45. The van der Waals surface area contributed by atoms with E-state index in [0.29, 0.717) is 5.56 Å². The summed E-state index contributed by atoms with van der Waals surface area (Å²) < 4.78 is 24.3. The van der Waals surface area contributed by atoms with Gasteiger partial charge in [0.25, 0.3) is 6.43 Å². The van der Waals surface area contributed by atoms with Crippen molar-refractivity contribution in [1.82, 2.24) is 0 Å². The Morgan fingerprint density at radius 3 is 2.36 bits per heavy atom. The normalized spacial score (nSPS) is 10.1. The number of benzene rings is 1. The maximum Gasteiger partial charge on any atom is 0.264 e. The lowest BCUT2D eigenvalue weighted by molar-refractivity contribution is 0.151. The largest absolute Gasteiger partial charge is 0.264 e. The van der Waals surface area contributed by atoms with Gasteiger partial charge in [-0.2, -0.15) is 0 Å². The molecular formula is C9H8F2. The van der Waals surface area contributed by atoms with Crippen LogP contribution in [0.15, 0.2) is 30.8 Å². The van der Waals surface area contributed by atoms with Crippen molar-refractivity contribution in [2.75, 3.05) is 0 Å². The smallest absolute Gasteiger partial charge is 0.205 e. The lowest BCUT2D eigenvalue weighted by Crippen LogP contribution is -1.87. The molecular weight excluding hydrogens is 146 g/mol. The van der Waals surface area contributed by atoms with Crippen LogP contribution in [-0.2, 0) is 0 Å². The minimum absolute atomic E-state index is 0.0440. The molecule has 0 aromatic heterocycles. The molecule has 0 spiro atoms. The standard InChI is InChI=1S/C9H8F2/c1-2-7-5-3-4-6-8(7)9(10)11/h2-6,9H,1H2. The van der Waals surface area contributed by atoms with Crippen LogP contribution in [0.4, 0.5) is 8.78 Å². The third kappa shape index (κ3) is 1.64. The van der Waals surface area contributed by atoms with Gasteiger partial charge in [0.15, 0.2) is 0 Å². The molecule has 1 aromatic carbocycles. The first-order chi connectivity index (χ1) is 5.25. The van der Waals surface area contributed by atoms with Crippen molar-refractivity contribution in [3.8, 4) is 0 Å². The topological polar surface area (TPSA) is 0 Å². The van der Waals surface area contributed by atoms with E-state index in [1.807, 2.05) is 0 Å². The number of halogens is 2. The third-order valence-electron chi connectivity index (χ3n) is 1.45. The highest BCUT2D eigenvalue weighted by atomic mass is 19.3. The van der Waals surface area contributed by atoms with Crippen LogP contribution in [0.2, 0.25) is 0 Å². The Balaban J connectivity index is 3.12. The van der Waals surface area contributed by atoms with Gasteiger partial charge >= 0.3 is 0 Å². The molecule has 0 aliphatic carbocycles. The summed E-state index contributed by atoms with van der Waals surface area (Å²) in [5.74, 6) is 0. The van der Waals surface area contributed by atoms with Gasteiger partial charge in [-0.1, -0.05) is 36.9 Å². The lowest BCUT2D eigenvalue weighted by Gasteiger charge is -2.02. The maximum absolute atomic E-state index is 12.2. The van der Waals surface area contributed by atoms with Crippen LogP contribution in [0.25, 0.3) is 6.08 Å². The molecule has 1 rings (SSSR count). The van der Waals surface area contributed by atoms with Crippen LogP contribution in [0.1, 0.15) is 17.6 Å². The van der Waals surface area contributed by atoms with E-state index in [4.69, 9.17) is 0 Å². The number of hydrogen-bond acceptors (Lipinski definition) is 0. The molecule has 0 heterocycles. The molecule has 0 saturated carbocycles. The predicted octanol–water partition coefficient (Wildman–Crippen LogP) is 3.27. The highest BCUT2D eigenvalue weighted by Gasteiger charge is 2.08. The lowest BCUT2D eigenvalue weighted by atomic mass is 10.1. The first-order valence-corrected chi connectivity index (χ1v) is 3.25. The Hall–Kier alpha value is -1.18. The molecule has 0 atom stereocenters. The summed E-state index contributed by atoms with van der Waals surface area (Å²) in [7, 11) is 0. The molecule has 0 unspecified atom stereocenters. The van der Waals surface area contributed by atoms with Gasteiger partial charge in [0.2, 0.25) is 0 Å². The molecule has 58 valence electrons. The molecule has 0 N–H and O–H groups in total. The molecule has 0 fully saturated rings.